The molecule has 0 saturated carbocycles. The summed E-state index contributed by atoms with van der Waals surface area (Å²) in [5.74, 6) is -1.69. The second-order valence-corrected chi connectivity index (χ2v) is 3.76. The first kappa shape index (κ1) is 13.5. The first-order valence-corrected chi connectivity index (χ1v) is 4.79. The van der Waals surface area contributed by atoms with Crippen LogP contribution in [0.2, 0.25) is 0 Å². The van der Waals surface area contributed by atoms with Crippen molar-refractivity contribution in [1.82, 2.24) is 0 Å². The van der Waals surface area contributed by atoms with Gasteiger partial charge in [-0.15, -0.1) is 0 Å². The molecule has 17 heavy (non-hydrogen) atoms. The first-order valence-electron chi connectivity index (χ1n) is 4.79. The van der Waals surface area contributed by atoms with Crippen LogP contribution in [0.4, 0.5) is 13.2 Å². The summed E-state index contributed by atoms with van der Waals surface area (Å²) in [5, 5.41) is 17.9. The van der Waals surface area contributed by atoms with Crippen LogP contribution in [0, 0.1) is 0 Å². The Morgan fingerprint density at radius 2 is 1.71 bits per heavy atom. The number of hydrogen-bond donors (Lipinski definition) is 2. The first-order chi connectivity index (χ1) is 7.74. The predicted molar refractivity (Wildman–Crippen MR) is 53.4 cm³/mol. The molecule has 0 fully saturated rings. The molecular weight excluding hydrogens is 237 g/mol. The van der Waals surface area contributed by atoms with Crippen molar-refractivity contribution in [2.75, 3.05) is 0 Å². The van der Waals surface area contributed by atoms with Gasteiger partial charge in [-0.3, -0.25) is 4.79 Å². The van der Waals surface area contributed by atoms with Crippen LogP contribution in [0.3, 0.4) is 0 Å². The zero-order valence-electron chi connectivity index (χ0n) is 8.74. The molecule has 0 heterocycles. The minimum absolute atomic E-state index is 0.230. The van der Waals surface area contributed by atoms with E-state index in [1.54, 1.807) is 6.07 Å². The van der Waals surface area contributed by atoms with E-state index in [2.05, 4.69) is 0 Å². The quantitative estimate of drug-likeness (QED) is 0.856. The summed E-state index contributed by atoms with van der Waals surface area (Å²) in [4.78, 5) is 10.4. The highest BCUT2D eigenvalue weighted by Crippen LogP contribution is 2.35. The van der Waals surface area contributed by atoms with Crippen molar-refractivity contribution in [3.05, 3.63) is 35.9 Å². The van der Waals surface area contributed by atoms with E-state index in [1.807, 2.05) is 0 Å². The fraction of sp³-hybridized carbons (Fsp3) is 0.364. The number of alkyl halides is 3. The van der Waals surface area contributed by atoms with Gasteiger partial charge in [0.25, 0.3) is 0 Å². The van der Waals surface area contributed by atoms with Crippen LogP contribution in [0.1, 0.15) is 12.0 Å². The van der Waals surface area contributed by atoms with Gasteiger partial charge in [-0.05, 0) is 5.56 Å². The van der Waals surface area contributed by atoms with Crippen LogP contribution in [0.15, 0.2) is 30.3 Å². The normalized spacial score (nSPS) is 15.3. The van der Waals surface area contributed by atoms with Crippen LogP contribution < -0.4 is 0 Å². The summed E-state index contributed by atoms with van der Waals surface area (Å²) < 4.78 is 37.9. The lowest BCUT2D eigenvalue weighted by atomic mass is 9.90. The van der Waals surface area contributed by atoms with Crippen molar-refractivity contribution in [3.63, 3.8) is 0 Å². The van der Waals surface area contributed by atoms with E-state index >= 15 is 0 Å². The largest absolute Gasteiger partial charge is 0.481 e. The van der Waals surface area contributed by atoms with E-state index in [0.717, 1.165) is 0 Å². The fourth-order valence-electron chi connectivity index (χ4n) is 1.45. The molecule has 1 atom stereocenters. The number of aliphatic carboxylic acids is 1. The molecule has 1 rings (SSSR count). The van der Waals surface area contributed by atoms with Crippen molar-refractivity contribution >= 4 is 5.97 Å². The smallest absolute Gasteiger partial charge is 0.418 e. The van der Waals surface area contributed by atoms with Gasteiger partial charge < -0.3 is 10.2 Å². The zero-order valence-corrected chi connectivity index (χ0v) is 8.74. The summed E-state index contributed by atoms with van der Waals surface area (Å²) in [5.41, 5.74) is -3.01. The van der Waals surface area contributed by atoms with Crippen LogP contribution in [-0.4, -0.2) is 28.0 Å². The van der Waals surface area contributed by atoms with Gasteiger partial charge in [-0.2, -0.15) is 13.2 Å². The molecule has 0 aliphatic carbocycles. The Labute approximate surface area is 95.5 Å². The van der Waals surface area contributed by atoms with Crippen LogP contribution in [0.5, 0.6) is 0 Å². The number of carbonyl (C=O) groups is 1. The maximum Gasteiger partial charge on any atom is 0.418 e. The van der Waals surface area contributed by atoms with Crippen molar-refractivity contribution in [2.45, 2.75) is 24.6 Å². The SMILES string of the molecule is O=C(O)CC(O)(Cc1ccccc1)C(F)(F)F. The number of halogens is 3. The zero-order chi connectivity index (χ0) is 13.1. The summed E-state index contributed by atoms with van der Waals surface area (Å²) in [6.07, 6.45) is -7.13. The lowest BCUT2D eigenvalue weighted by molar-refractivity contribution is -0.262. The van der Waals surface area contributed by atoms with Gasteiger partial charge in [0.05, 0.1) is 6.42 Å². The highest BCUT2D eigenvalue weighted by molar-refractivity contribution is 5.68. The van der Waals surface area contributed by atoms with Crippen molar-refractivity contribution in [2.24, 2.45) is 0 Å². The Bertz CT molecular complexity index is 389. The lowest BCUT2D eigenvalue weighted by Crippen LogP contribution is -2.48. The standard InChI is InChI=1S/C11H11F3O3/c12-11(13,14)10(17,7-9(15)16)6-8-4-2-1-3-5-8/h1-5,17H,6-7H2,(H,15,16). The van der Waals surface area contributed by atoms with Gasteiger partial charge in [-0.1, -0.05) is 30.3 Å². The molecule has 2 N–H and O–H groups in total. The highest BCUT2D eigenvalue weighted by atomic mass is 19.4. The number of hydrogen-bond acceptors (Lipinski definition) is 2. The summed E-state index contributed by atoms with van der Waals surface area (Å²) in [6, 6.07) is 7.46. The van der Waals surface area contributed by atoms with E-state index in [-0.39, 0.29) is 5.56 Å². The maximum absolute atomic E-state index is 12.6. The third-order valence-corrected chi connectivity index (χ3v) is 2.31. The molecule has 0 aromatic heterocycles. The summed E-state index contributed by atoms with van der Waals surface area (Å²) in [6.45, 7) is 0. The van der Waals surface area contributed by atoms with Crippen molar-refractivity contribution in [3.8, 4) is 0 Å². The lowest BCUT2D eigenvalue weighted by Gasteiger charge is -2.29. The maximum atomic E-state index is 12.6. The number of aliphatic hydroxyl groups is 1. The third kappa shape index (κ3) is 3.45. The van der Waals surface area contributed by atoms with Gasteiger partial charge in [0, 0.05) is 6.42 Å². The van der Waals surface area contributed by atoms with Crippen LogP contribution in [-0.2, 0) is 11.2 Å². The number of benzene rings is 1. The second-order valence-electron chi connectivity index (χ2n) is 3.76. The topological polar surface area (TPSA) is 57.5 Å². The Kier molecular flexibility index (Phi) is 3.77. The fourth-order valence-corrected chi connectivity index (χ4v) is 1.45. The van der Waals surface area contributed by atoms with E-state index in [0.29, 0.717) is 0 Å². The summed E-state index contributed by atoms with van der Waals surface area (Å²) >= 11 is 0. The molecule has 1 aromatic rings. The van der Waals surface area contributed by atoms with E-state index in [9.17, 15) is 23.1 Å². The molecule has 0 bridgehead atoms. The monoisotopic (exact) mass is 248 g/mol. The summed E-state index contributed by atoms with van der Waals surface area (Å²) in [7, 11) is 0. The van der Waals surface area contributed by atoms with Gasteiger partial charge in [0.1, 0.15) is 0 Å². The Morgan fingerprint density at radius 1 is 1.18 bits per heavy atom. The minimum atomic E-state index is -4.98. The molecule has 0 radical (unpaired) electrons. The second kappa shape index (κ2) is 4.75. The van der Waals surface area contributed by atoms with Crippen LogP contribution >= 0.6 is 0 Å². The molecular formula is C11H11F3O3. The molecule has 6 heteroatoms. The average Bonchev–Trinajstić information content (AvgIpc) is 2.15. The minimum Gasteiger partial charge on any atom is -0.481 e. The van der Waals surface area contributed by atoms with Crippen molar-refractivity contribution < 1.29 is 28.2 Å². The van der Waals surface area contributed by atoms with Gasteiger partial charge in [0.15, 0.2) is 5.60 Å². The Morgan fingerprint density at radius 3 is 2.12 bits per heavy atom. The molecule has 0 aliphatic rings. The van der Waals surface area contributed by atoms with E-state index in [4.69, 9.17) is 5.11 Å². The highest BCUT2D eigenvalue weighted by Gasteiger charge is 2.54. The van der Waals surface area contributed by atoms with Gasteiger partial charge in [0.2, 0.25) is 0 Å². The molecule has 94 valence electrons. The van der Waals surface area contributed by atoms with Gasteiger partial charge >= 0.3 is 12.1 Å². The third-order valence-electron chi connectivity index (χ3n) is 2.31. The molecule has 0 saturated heterocycles. The predicted octanol–water partition coefficient (Wildman–Crippen LogP) is 2.00. The Hall–Kier alpha value is -1.56. The Balaban J connectivity index is 2.96. The molecule has 3 nitrogen and oxygen atoms in total. The molecule has 1 unspecified atom stereocenters. The molecule has 1 aromatic carbocycles. The average molecular weight is 248 g/mol. The van der Waals surface area contributed by atoms with E-state index in [1.165, 1.54) is 24.3 Å². The van der Waals surface area contributed by atoms with Gasteiger partial charge in [-0.25, -0.2) is 0 Å². The van der Waals surface area contributed by atoms with Crippen LogP contribution in [0.25, 0.3) is 0 Å². The molecule has 0 amide bonds. The van der Waals surface area contributed by atoms with E-state index < -0.39 is 30.6 Å². The van der Waals surface area contributed by atoms with Crippen molar-refractivity contribution in [1.29, 1.82) is 0 Å². The molecule has 0 aliphatic heterocycles. The molecule has 0 spiro atoms. The number of rotatable bonds is 4. The number of carboxylic acid groups (broad SMARTS) is 1. The number of carboxylic acids is 1.